The summed E-state index contributed by atoms with van der Waals surface area (Å²) in [7, 11) is 0. The molecular formula is C6H15Bi. The molecule has 0 aliphatic heterocycles. The van der Waals surface area contributed by atoms with Crippen LogP contribution in [0.25, 0.3) is 0 Å². The fraction of sp³-hybridized carbons (Fsp3) is 1.00. The van der Waals surface area contributed by atoms with E-state index in [-0.39, 0.29) is 0 Å². The first-order valence-electron chi connectivity index (χ1n) is 2.77. The van der Waals surface area contributed by atoms with Gasteiger partial charge < -0.3 is 0 Å². The summed E-state index contributed by atoms with van der Waals surface area (Å²) in [5.74, 6) is 0.966. The number of rotatable bonds is 2. The molecule has 0 amide bonds. The number of hydrogen-bond donors (Lipinski definition) is 0. The van der Waals surface area contributed by atoms with E-state index in [2.05, 4.69) is 23.1 Å². The van der Waals surface area contributed by atoms with Gasteiger partial charge in [-0.25, -0.2) is 0 Å². The van der Waals surface area contributed by atoms with Gasteiger partial charge in [-0.05, 0) is 0 Å². The van der Waals surface area contributed by atoms with Gasteiger partial charge in [-0.1, -0.05) is 0 Å². The van der Waals surface area contributed by atoms with E-state index in [1.165, 1.54) is 0 Å². The molecule has 0 aromatic carbocycles. The fourth-order valence-corrected chi connectivity index (χ4v) is 6.41. The van der Waals surface area contributed by atoms with Gasteiger partial charge in [-0.2, -0.15) is 0 Å². The van der Waals surface area contributed by atoms with Crippen LogP contribution in [0.1, 0.15) is 13.8 Å². The van der Waals surface area contributed by atoms with Crippen LogP contribution < -0.4 is 0 Å². The maximum absolute atomic E-state index is 2.47. The topological polar surface area (TPSA) is 0 Å². The Bertz CT molecular complexity index is 33.4. The van der Waals surface area contributed by atoms with Crippen LogP contribution in [0.15, 0.2) is 0 Å². The molecule has 0 N–H and O–H groups in total. The van der Waals surface area contributed by atoms with Crippen molar-refractivity contribution >= 4 is 21.8 Å². The summed E-state index contributed by atoms with van der Waals surface area (Å²) < 4.78 is 6.50. The molecule has 0 aromatic rings. The molecule has 0 saturated carbocycles. The molecule has 0 heterocycles. The third-order valence-corrected chi connectivity index (χ3v) is 6.41. The van der Waals surface area contributed by atoms with Gasteiger partial charge in [0.1, 0.15) is 0 Å². The Kier molecular flexibility index (Phi) is 4.32. The van der Waals surface area contributed by atoms with E-state index in [1.807, 2.05) is 0 Å². The van der Waals surface area contributed by atoms with Crippen LogP contribution >= 0.6 is 0 Å². The predicted molar refractivity (Wildman–Crippen MR) is 37.1 cm³/mol. The Morgan fingerprint density at radius 1 is 1.29 bits per heavy atom. The second kappa shape index (κ2) is 3.83. The standard InChI is InChI=1S/C4H9.2CH3.Bi/c1-4(2)3;;;/h4H,1H2,2-3H3;2*1H3;. The quantitative estimate of drug-likeness (QED) is 0.686. The molecule has 0 nitrogen and oxygen atoms in total. The van der Waals surface area contributed by atoms with E-state index in [0.717, 1.165) is 5.92 Å². The second-order valence-electron chi connectivity index (χ2n) is 2.66. The molecule has 0 bridgehead atoms. The van der Waals surface area contributed by atoms with Gasteiger partial charge in [0.05, 0.1) is 0 Å². The summed E-state index contributed by atoms with van der Waals surface area (Å²) in [5.41, 5.74) is 0. The Balaban J connectivity index is 2.95. The van der Waals surface area contributed by atoms with E-state index >= 15 is 0 Å². The van der Waals surface area contributed by atoms with E-state index < -0.39 is 21.8 Å². The van der Waals surface area contributed by atoms with Crippen molar-refractivity contribution in [3.63, 3.8) is 0 Å². The molecule has 0 fully saturated rings. The van der Waals surface area contributed by atoms with Crippen LogP contribution in [-0.2, 0) is 0 Å². The molecule has 1 heteroatoms. The van der Waals surface area contributed by atoms with Crippen LogP contribution in [0.5, 0.6) is 0 Å². The summed E-state index contributed by atoms with van der Waals surface area (Å²) >= 11 is -0.743. The molecule has 0 rings (SSSR count). The van der Waals surface area contributed by atoms with Crippen molar-refractivity contribution < 1.29 is 0 Å². The molecule has 0 atom stereocenters. The molecule has 0 aliphatic carbocycles. The Hall–Kier alpha value is 0.883. The Morgan fingerprint density at radius 2 is 1.71 bits per heavy atom. The fourth-order valence-electron chi connectivity index (χ4n) is 0.730. The van der Waals surface area contributed by atoms with Crippen molar-refractivity contribution in [2.45, 2.75) is 27.2 Å². The Labute approximate surface area is 55.0 Å². The van der Waals surface area contributed by atoms with Crippen LogP contribution in [0.4, 0.5) is 0 Å². The van der Waals surface area contributed by atoms with Crippen molar-refractivity contribution in [2.75, 3.05) is 0 Å². The van der Waals surface area contributed by atoms with Crippen LogP contribution in [-0.4, -0.2) is 21.8 Å². The molecule has 0 saturated heterocycles. The van der Waals surface area contributed by atoms with Crippen LogP contribution in [0.2, 0.25) is 13.4 Å². The minimum absolute atomic E-state index is 0.743. The van der Waals surface area contributed by atoms with Gasteiger partial charge in [-0.15, -0.1) is 0 Å². The summed E-state index contributed by atoms with van der Waals surface area (Å²) in [6.07, 6.45) is 0. The van der Waals surface area contributed by atoms with Gasteiger partial charge in [-0.3, -0.25) is 0 Å². The minimum atomic E-state index is -0.743. The molecule has 0 unspecified atom stereocenters. The third kappa shape index (κ3) is 6.88. The van der Waals surface area contributed by atoms with E-state index in [9.17, 15) is 0 Å². The molecular weight excluding hydrogens is 281 g/mol. The van der Waals surface area contributed by atoms with Crippen molar-refractivity contribution in [1.82, 2.24) is 0 Å². The van der Waals surface area contributed by atoms with Gasteiger partial charge in [0.25, 0.3) is 0 Å². The molecule has 0 radical (unpaired) electrons. The van der Waals surface area contributed by atoms with Crippen molar-refractivity contribution in [3.8, 4) is 0 Å². The zero-order chi connectivity index (χ0) is 5.86. The van der Waals surface area contributed by atoms with E-state index in [4.69, 9.17) is 0 Å². The van der Waals surface area contributed by atoms with Gasteiger partial charge >= 0.3 is 54.9 Å². The monoisotopic (exact) mass is 296 g/mol. The zero-order valence-electron chi connectivity index (χ0n) is 5.73. The van der Waals surface area contributed by atoms with Crippen molar-refractivity contribution in [3.05, 3.63) is 0 Å². The van der Waals surface area contributed by atoms with Gasteiger partial charge in [0, 0.05) is 0 Å². The average Bonchev–Trinajstić information content (AvgIpc) is 1.27. The zero-order valence-corrected chi connectivity index (χ0v) is 9.21. The molecule has 0 aromatic heterocycles. The average molecular weight is 296 g/mol. The number of hydrogen-bond acceptors (Lipinski definition) is 0. The first-order valence-corrected chi connectivity index (χ1v) is 12.2. The second-order valence-corrected chi connectivity index (χ2v) is 12.5. The van der Waals surface area contributed by atoms with Crippen LogP contribution in [0.3, 0.4) is 0 Å². The van der Waals surface area contributed by atoms with E-state index in [0.29, 0.717) is 0 Å². The molecule has 0 aliphatic rings. The molecule has 44 valence electrons. The van der Waals surface area contributed by atoms with E-state index in [1.54, 1.807) is 4.13 Å². The van der Waals surface area contributed by atoms with Gasteiger partial charge in [0.15, 0.2) is 0 Å². The first kappa shape index (κ1) is 7.88. The van der Waals surface area contributed by atoms with Gasteiger partial charge in [0.2, 0.25) is 0 Å². The van der Waals surface area contributed by atoms with Crippen molar-refractivity contribution in [1.29, 1.82) is 0 Å². The summed E-state index contributed by atoms with van der Waals surface area (Å²) in [4.78, 5) is 0. The normalized spacial score (nSPS) is 11.1. The summed E-state index contributed by atoms with van der Waals surface area (Å²) in [6.45, 7) is 4.63. The molecule has 7 heavy (non-hydrogen) atoms. The molecule has 0 spiro atoms. The summed E-state index contributed by atoms with van der Waals surface area (Å²) in [6, 6.07) is 0. The Morgan fingerprint density at radius 3 is 1.71 bits per heavy atom. The summed E-state index contributed by atoms with van der Waals surface area (Å²) in [5, 5.41) is 0. The SMILES string of the molecule is CC(C)[CH2][Bi]([CH3])[CH3]. The first-order chi connectivity index (χ1) is 3.13. The predicted octanol–water partition coefficient (Wildman–Crippen LogP) is 2.40. The van der Waals surface area contributed by atoms with Crippen molar-refractivity contribution in [2.24, 2.45) is 5.92 Å². The maximum atomic E-state index is 2.47. The third-order valence-electron chi connectivity index (χ3n) is 0.730. The van der Waals surface area contributed by atoms with Crippen LogP contribution in [0, 0.1) is 5.92 Å².